The molecule has 0 saturated heterocycles. The molecule has 0 N–H and O–H groups in total. The third kappa shape index (κ3) is 2.78. The number of aryl methyl sites for hydroxylation is 1. The molecule has 0 atom stereocenters. The lowest BCUT2D eigenvalue weighted by Crippen LogP contribution is -1.86. The lowest BCUT2D eigenvalue weighted by Gasteiger charge is -2.01. The van der Waals surface area contributed by atoms with Gasteiger partial charge in [-0.2, -0.15) is 0 Å². The molecule has 0 radical (unpaired) electrons. The zero-order valence-electron chi connectivity index (χ0n) is 10.5. The van der Waals surface area contributed by atoms with E-state index in [2.05, 4.69) is 37.8 Å². The van der Waals surface area contributed by atoms with E-state index >= 15 is 0 Å². The quantitative estimate of drug-likeness (QED) is 0.574. The molecule has 0 aliphatic carbocycles. The van der Waals surface area contributed by atoms with Crippen molar-refractivity contribution in [3.63, 3.8) is 0 Å². The first-order valence-electron chi connectivity index (χ1n) is 6.49. The highest BCUT2D eigenvalue weighted by Crippen LogP contribution is 2.33. The number of hydrogen-bond donors (Lipinski definition) is 0. The minimum atomic E-state index is 1.20. The molecular weight excluding hydrogens is 224 g/mol. The van der Waals surface area contributed by atoms with E-state index in [1.165, 1.54) is 52.6 Å². The Morgan fingerprint density at radius 3 is 2.76 bits per heavy atom. The van der Waals surface area contributed by atoms with Crippen LogP contribution in [0.5, 0.6) is 0 Å². The molecule has 90 valence electrons. The van der Waals surface area contributed by atoms with Gasteiger partial charge in [0, 0.05) is 9.58 Å². The SMILES string of the molecule is C=Cc1sc2ccccc2c1CCCCCC. The Balaban J connectivity index is 2.21. The van der Waals surface area contributed by atoms with Gasteiger partial charge in [0.15, 0.2) is 0 Å². The second-order valence-electron chi connectivity index (χ2n) is 4.46. The smallest absolute Gasteiger partial charge is 0.0352 e. The molecule has 0 saturated carbocycles. The molecule has 1 heteroatoms. The van der Waals surface area contributed by atoms with E-state index in [1.807, 2.05) is 17.4 Å². The van der Waals surface area contributed by atoms with Crippen LogP contribution in [0, 0.1) is 0 Å². The molecule has 1 heterocycles. The molecule has 0 fully saturated rings. The maximum Gasteiger partial charge on any atom is 0.0352 e. The van der Waals surface area contributed by atoms with Crippen LogP contribution in [0.4, 0.5) is 0 Å². The summed E-state index contributed by atoms with van der Waals surface area (Å²) in [5, 5.41) is 1.43. The van der Waals surface area contributed by atoms with Gasteiger partial charge in [0.25, 0.3) is 0 Å². The van der Waals surface area contributed by atoms with E-state index in [1.54, 1.807) is 0 Å². The molecular formula is C16H20S. The summed E-state index contributed by atoms with van der Waals surface area (Å²) in [5.41, 5.74) is 1.51. The van der Waals surface area contributed by atoms with Gasteiger partial charge in [0.1, 0.15) is 0 Å². The normalized spacial score (nSPS) is 10.9. The minimum Gasteiger partial charge on any atom is -0.136 e. The van der Waals surface area contributed by atoms with E-state index in [9.17, 15) is 0 Å². The van der Waals surface area contributed by atoms with E-state index in [4.69, 9.17) is 0 Å². The zero-order valence-corrected chi connectivity index (χ0v) is 11.4. The van der Waals surface area contributed by atoms with Gasteiger partial charge >= 0.3 is 0 Å². The van der Waals surface area contributed by atoms with Crippen molar-refractivity contribution < 1.29 is 0 Å². The highest BCUT2D eigenvalue weighted by molar-refractivity contribution is 7.20. The summed E-state index contributed by atoms with van der Waals surface area (Å²) < 4.78 is 1.40. The standard InChI is InChI=1S/C16H20S/c1-3-5-6-7-10-13-14-11-8-9-12-16(14)17-15(13)4-2/h4,8-9,11-12H,2-3,5-7,10H2,1H3. The monoisotopic (exact) mass is 244 g/mol. The van der Waals surface area contributed by atoms with Crippen molar-refractivity contribution >= 4 is 27.5 Å². The predicted molar refractivity (Wildman–Crippen MR) is 79.8 cm³/mol. The van der Waals surface area contributed by atoms with Crippen LogP contribution < -0.4 is 0 Å². The van der Waals surface area contributed by atoms with Crippen molar-refractivity contribution in [3.8, 4) is 0 Å². The first kappa shape index (κ1) is 12.4. The van der Waals surface area contributed by atoms with Gasteiger partial charge in [-0.3, -0.25) is 0 Å². The Kier molecular flexibility index (Phi) is 4.38. The number of unbranched alkanes of at least 4 members (excludes halogenated alkanes) is 3. The number of benzene rings is 1. The third-order valence-corrected chi connectivity index (χ3v) is 4.40. The maximum atomic E-state index is 3.94. The third-order valence-electron chi connectivity index (χ3n) is 3.20. The summed E-state index contributed by atoms with van der Waals surface area (Å²) >= 11 is 1.87. The molecule has 0 amide bonds. The summed E-state index contributed by atoms with van der Waals surface area (Å²) in [7, 11) is 0. The maximum absolute atomic E-state index is 3.94. The fraction of sp³-hybridized carbons (Fsp3) is 0.375. The largest absolute Gasteiger partial charge is 0.136 e. The molecule has 0 spiro atoms. The second kappa shape index (κ2) is 6.02. The molecule has 0 nitrogen and oxygen atoms in total. The number of thiophene rings is 1. The Bertz CT molecular complexity index is 493. The molecule has 0 unspecified atom stereocenters. The summed E-state index contributed by atoms with van der Waals surface area (Å²) in [4.78, 5) is 1.36. The van der Waals surface area contributed by atoms with Crippen molar-refractivity contribution in [2.24, 2.45) is 0 Å². The van der Waals surface area contributed by atoms with Crippen LogP contribution in [0.1, 0.15) is 43.0 Å². The van der Waals surface area contributed by atoms with Crippen LogP contribution in [-0.4, -0.2) is 0 Å². The summed E-state index contributed by atoms with van der Waals surface area (Å²) in [5.74, 6) is 0. The molecule has 0 aliphatic rings. The van der Waals surface area contributed by atoms with E-state index in [0.29, 0.717) is 0 Å². The van der Waals surface area contributed by atoms with Crippen LogP contribution in [0.2, 0.25) is 0 Å². The first-order chi connectivity index (χ1) is 8.36. The Morgan fingerprint density at radius 2 is 2.00 bits per heavy atom. The van der Waals surface area contributed by atoms with Crippen LogP contribution >= 0.6 is 11.3 Å². The topological polar surface area (TPSA) is 0 Å². The van der Waals surface area contributed by atoms with Crippen LogP contribution in [-0.2, 0) is 6.42 Å². The summed E-state index contributed by atoms with van der Waals surface area (Å²) in [6.07, 6.45) is 8.52. The molecule has 17 heavy (non-hydrogen) atoms. The number of rotatable bonds is 6. The lowest BCUT2D eigenvalue weighted by molar-refractivity contribution is 0.668. The van der Waals surface area contributed by atoms with Gasteiger partial charge in [-0.05, 0) is 29.9 Å². The first-order valence-corrected chi connectivity index (χ1v) is 7.31. The van der Waals surface area contributed by atoms with Gasteiger partial charge in [-0.25, -0.2) is 0 Å². The Hall–Kier alpha value is -1.08. The average molecular weight is 244 g/mol. The van der Waals surface area contributed by atoms with Crippen molar-refractivity contribution in [2.75, 3.05) is 0 Å². The van der Waals surface area contributed by atoms with Crippen LogP contribution in [0.15, 0.2) is 30.8 Å². The molecule has 2 rings (SSSR count). The zero-order chi connectivity index (χ0) is 12.1. The van der Waals surface area contributed by atoms with Gasteiger partial charge in [-0.1, -0.05) is 57.0 Å². The van der Waals surface area contributed by atoms with Crippen LogP contribution in [0.3, 0.4) is 0 Å². The average Bonchev–Trinajstić information content (AvgIpc) is 2.73. The molecule has 1 aromatic carbocycles. The Morgan fingerprint density at radius 1 is 1.18 bits per heavy atom. The van der Waals surface area contributed by atoms with Crippen molar-refractivity contribution in [1.82, 2.24) is 0 Å². The Labute approximate surface area is 108 Å². The molecule has 0 bridgehead atoms. The predicted octanol–water partition coefficient (Wildman–Crippen LogP) is 5.67. The lowest BCUT2D eigenvalue weighted by atomic mass is 10.0. The fourth-order valence-electron chi connectivity index (χ4n) is 2.27. The van der Waals surface area contributed by atoms with Gasteiger partial charge < -0.3 is 0 Å². The van der Waals surface area contributed by atoms with E-state index in [-0.39, 0.29) is 0 Å². The van der Waals surface area contributed by atoms with E-state index < -0.39 is 0 Å². The number of fused-ring (bicyclic) bond motifs is 1. The van der Waals surface area contributed by atoms with Crippen molar-refractivity contribution in [2.45, 2.75) is 39.0 Å². The minimum absolute atomic E-state index is 1.20. The molecule has 1 aromatic heterocycles. The summed E-state index contributed by atoms with van der Waals surface area (Å²) in [6, 6.07) is 8.71. The van der Waals surface area contributed by atoms with Gasteiger partial charge in [0.05, 0.1) is 0 Å². The highest BCUT2D eigenvalue weighted by Gasteiger charge is 2.08. The highest BCUT2D eigenvalue weighted by atomic mass is 32.1. The van der Waals surface area contributed by atoms with Crippen molar-refractivity contribution in [3.05, 3.63) is 41.3 Å². The molecule has 2 aromatic rings. The van der Waals surface area contributed by atoms with Crippen LogP contribution in [0.25, 0.3) is 16.2 Å². The number of hydrogen-bond acceptors (Lipinski definition) is 1. The summed E-state index contributed by atoms with van der Waals surface area (Å²) in [6.45, 7) is 6.20. The van der Waals surface area contributed by atoms with Gasteiger partial charge in [0.2, 0.25) is 0 Å². The van der Waals surface area contributed by atoms with Gasteiger partial charge in [-0.15, -0.1) is 11.3 Å². The second-order valence-corrected chi connectivity index (χ2v) is 5.54. The molecule has 0 aliphatic heterocycles. The fourth-order valence-corrected chi connectivity index (χ4v) is 3.37. The van der Waals surface area contributed by atoms with E-state index in [0.717, 1.165) is 0 Å². The van der Waals surface area contributed by atoms with Crippen molar-refractivity contribution in [1.29, 1.82) is 0 Å².